The fourth-order valence-corrected chi connectivity index (χ4v) is 2.80. The largest absolute Gasteiger partial charge is 0.490 e. The Hall–Kier alpha value is -1.84. The molecule has 0 aromatic rings. The van der Waals surface area contributed by atoms with Crippen molar-refractivity contribution in [3.05, 3.63) is 0 Å². The van der Waals surface area contributed by atoms with Crippen molar-refractivity contribution < 1.29 is 37.8 Å². The van der Waals surface area contributed by atoms with Crippen LogP contribution in [0.3, 0.4) is 0 Å². The fourth-order valence-electron chi connectivity index (χ4n) is 2.80. The summed E-state index contributed by atoms with van der Waals surface area (Å²) in [7, 11) is 0. The minimum Gasteiger partial charge on any atom is -0.480 e. The SMILES string of the molecule is CC(C)(C)[C@H](N)C(=O)N1CCC2(CC2)C[C@H]1C(=O)O.O=C(O)C(F)(F)F. The van der Waals surface area contributed by atoms with Gasteiger partial charge in [-0.05, 0) is 36.5 Å². The van der Waals surface area contributed by atoms with Crippen molar-refractivity contribution in [1.82, 2.24) is 4.90 Å². The lowest BCUT2D eigenvalue weighted by molar-refractivity contribution is -0.192. The Morgan fingerprint density at radius 2 is 1.58 bits per heavy atom. The normalized spacial score (nSPS) is 22.9. The summed E-state index contributed by atoms with van der Waals surface area (Å²) in [6, 6.07) is -1.35. The van der Waals surface area contributed by atoms with E-state index in [0.717, 1.165) is 19.3 Å². The van der Waals surface area contributed by atoms with Gasteiger partial charge in [0.15, 0.2) is 0 Å². The van der Waals surface area contributed by atoms with Crippen LogP contribution < -0.4 is 5.73 Å². The summed E-state index contributed by atoms with van der Waals surface area (Å²) in [5.74, 6) is -3.89. The number of hydrogen-bond acceptors (Lipinski definition) is 4. The standard InChI is InChI=1S/C14H24N2O3.C2HF3O2/c1-13(2,3)10(15)11(17)16-7-6-14(4-5-14)8-9(16)12(18)19;3-2(4,5)1(6)7/h9-10H,4-8,15H2,1-3H3,(H,18,19);(H,6,7)/t9-,10+;/m0./s1. The van der Waals surface area contributed by atoms with Gasteiger partial charge in [0, 0.05) is 6.54 Å². The minimum absolute atomic E-state index is 0.200. The molecule has 0 aromatic heterocycles. The smallest absolute Gasteiger partial charge is 0.480 e. The number of rotatable bonds is 2. The molecule has 4 N–H and O–H groups in total. The first-order valence-corrected chi connectivity index (χ1v) is 8.20. The summed E-state index contributed by atoms with van der Waals surface area (Å²) in [4.78, 5) is 34.2. The zero-order valence-corrected chi connectivity index (χ0v) is 15.0. The second-order valence-electron chi connectivity index (χ2n) is 7.99. The summed E-state index contributed by atoms with van der Waals surface area (Å²) in [5.41, 5.74) is 5.83. The van der Waals surface area contributed by atoms with E-state index in [-0.39, 0.29) is 16.7 Å². The number of alkyl halides is 3. The van der Waals surface area contributed by atoms with Crippen molar-refractivity contribution in [2.24, 2.45) is 16.6 Å². The van der Waals surface area contributed by atoms with E-state index in [1.807, 2.05) is 20.8 Å². The predicted octanol–water partition coefficient (Wildman–Crippen LogP) is 1.85. The molecule has 2 atom stereocenters. The van der Waals surface area contributed by atoms with Gasteiger partial charge in [0.1, 0.15) is 6.04 Å². The highest BCUT2D eigenvalue weighted by atomic mass is 19.4. The molecule has 0 aromatic carbocycles. The fraction of sp³-hybridized carbons (Fsp3) is 0.812. The molecule has 2 fully saturated rings. The van der Waals surface area contributed by atoms with Crippen molar-refractivity contribution in [2.45, 2.75) is 64.7 Å². The molecule has 10 heteroatoms. The maximum absolute atomic E-state index is 12.4. The number of carbonyl (C=O) groups is 3. The number of aliphatic carboxylic acids is 2. The van der Waals surface area contributed by atoms with Gasteiger partial charge in [-0.15, -0.1) is 0 Å². The molecule has 0 unspecified atom stereocenters. The monoisotopic (exact) mass is 382 g/mol. The lowest BCUT2D eigenvalue weighted by atomic mass is 9.83. The molecule has 2 rings (SSSR count). The molecule has 1 aliphatic heterocycles. The number of piperidine rings is 1. The molecule has 1 saturated carbocycles. The number of amides is 1. The number of halogens is 3. The Morgan fingerprint density at radius 1 is 1.12 bits per heavy atom. The van der Waals surface area contributed by atoms with Crippen molar-refractivity contribution in [3.63, 3.8) is 0 Å². The van der Waals surface area contributed by atoms with E-state index in [9.17, 15) is 27.9 Å². The molecule has 1 heterocycles. The topological polar surface area (TPSA) is 121 Å². The highest BCUT2D eigenvalue weighted by Gasteiger charge is 2.51. The zero-order valence-electron chi connectivity index (χ0n) is 15.0. The lowest BCUT2D eigenvalue weighted by Gasteiger charge is -2.40. The summed E-state index contributed by atoms with van der Waals surface area (Å²) in [6.45, 7) is 6.23. The summed E-state index contributed by atoms with van der Waals surface area (Å²) in [5, 5.41) is 16.5. The van der Waals surface area contributed by atoms with E-state index in [2.05, 4.69) is 0 Å². The Labute approximate surface area is 149 Å². The Kier molecular flexibility index (Phi) is 6.33. The van der Waals surface area contributed by atoms with Gasteiger partial charge in [-0.1, -0.05) is 20.8 Å². The molecular formula is C16H25F3N2O5. The van der Waals surface area contributed by atoms with Gasteiger partial charge >= 0.3 is 18.1 Å². The van der Waals surface area contributed by atoms with E-state index >= 15 is 0 Å². The third-order valence-electron chi connectivity index (χ3n) is 4.85. The maximum atomic E-state index is 12.4. The highest BCUT2D eigenvalue weighted by Crippen LogP contribution is 2.55. The summed E-state index contributed by atoms with van der Waals surface area (Å²) < 4.78 is 31.7. The molecular weight excluding hydrogens is 357 g/mol. The van der Waals surface area contributed by atoms with Crippen LogP contribution in [0.5, 0.6) is 0 Å². The highest BCUT2D eigenvalue weighted by molar-refractivity contribution is 5.87. The van der Waals surface area contributed by atoms with Gasteiger partial charge in [0.2, 0.25) is 5.91 Å². The van der Waals surface area contributed by atoms with Crippen molar-refractivity contribution in [1.29, 1.82) is 0 Å². The molecule has 1 saturated heterocycles. The van der Waals surface area contributed by atoms with Crippen molar-refractivity contribution >= 4 is 17.8 Å². The minimum atomic E-state index is -5.08. The average Bonchev–Trinajstić information content (AvgIpc) is 3.23. The first-order valence-electron chi connectivity index (χ1n) is 8.20. The van der Waals surface area contributed by atoms with Crippen molar-refractivity contribution in [3.8, 4) is 0 Å². The van der Waals surface area contributed by atoms with Crippen LogP contribution in [0.25, 0.3) is 0 Å². The number of nitrogens with two attached hydrogens (primary N) is 1. The Balaban J connectivity index is 0.000000412. The molecule has 1 amide bonds. The molecule has 7 nitrogen and oxygen atoms in total. The van der Waals surface area contributed by atoms with Crippen LogP contribution in [0.15, 0.2) is 0 Å². The molecule has 0 radical (unpaired) electrons. The predicted molar refractivity (Wildman–Crippen MR) is 85.2 cm³/mol. The maximum Gasteiger partial charge on any atom is 0.490 e. The molecule has 1 spiro atoms. The van der Waals surface area contributed by atoms with Crippen molar-refractivity contribution in [2.75, 3.05) is 6.54 Å². The summed E-state index contributed by atoms with van der Waals surface area (Å²) >= 11 is 0. The first kappa shape index (κ1) is 22.2. The Bertz CT molecular complexity index is 567. The van der Waals surface area contributed by atoms with E-state index in [0.29, 0.717) is 13.0 Å². The Morgan fingerprint density at radius 3 is 1.88 bits per heavy atom. The third-order valence-corrected chi connectivity index (χ3v) is 4.85. The molecule has 1 aliphatic carbocycles. The molecule has 150 valence electrons. The summed E-state index contributed by atoms with van der Waals surface area (Å²) in [6.07, 6.45) is -1.38. The number of carboxylic acid groups (broad SMARTS) is 2. The van der Waals surface area contributed by atoms with E-state index in [1.54, 1.807) is 0 Å². The van der Waals surface area contributed by atoms with Gasteiger partial charge in [0.05, 0.1) is 6.04 Å². The quantitative estimate of drug-likeness (QED) is 0.670. The number of hydrogen-bond donors (Lipinski definition) is 3. The number of carbonyl (C=O) groups excluding carboxylic acids is 1. The van der Waals surface area contributed by atoms with Gasteiger partial charge < -0.3 is 20.8 Å². The number of likely N-dealkylation sites (tertiary alicyclic amines) is 1. The van der Waals surface area contributed by atoms with Crippen LogP contribution in [0.4, 0.5) is 13.2 Å². The second kappa shape index (κ2) is 7.42. The average molecular weight is 382 g/mol. The van der Waals surface area contributed by atoms with Crippen LogP contribution in [0.2, 0.25) is 0 Å². The van der Waals surface area contributed by atoms with Gasteiger partial charge in [-0.25, -0.2) is 9.59 Å². The lowest BCUT2D eigenvalue weighted by Crippen LogP contribution is -2.58. The van der Waals surface area contributed by atoms with E-state index in [4.69, 9.17) is 15.6 Å². The van der Waals surface area contributed by atoms with Gasteiger partial charge in [-0.2, -0.15) is 13.2 Å². The van der Waals surface area contributed by atoms with E-state index in [1.165, 1.54) is 4.90 Å². The van der Waals surface area contributed by atoms with Crippen LogP contribution >= 0.6 is 0 Å². The third kappa shape index (κ3) is 5.58. The van der Waals surface area contributed by atoms with Gasteiger partial charge in [-0.3, -0.25) is 4.79 Å². The molecule has 26 heavy (non-hydrogen) atoms. The molecule has 2 aliphatic rings. The number of carboxylic acids is 2. The van der Waals surface area contributed by atoms with E-state index < -0.39 is 30.2 Å². The first-order chi connectivity index (χ1) is 11.6. The molecule has 0 bridgehead atoms. The van der Waals surface area contributed by atoms with Crippen LogP contribution in [0, 0.1) is 10.8 Å². The zero-order chi connectivity index (χ0) is 20.5. The number of nitrogens with zero attached hydrogens (tertiary/aromatic N) is 1. The van der Waals surface area contributed by atoms with Gasteiger partial charge in [0.25, 0.3) is 0 Å². The van der Waals surface area contributed by atoms with Crippen LogP contribution in [-0.4, -0.2) is 57.8 Å². The van der Waals surface area contributed by atoms with Crippen LogP contribution in [-0.2, 0) is 14.4 Å². The second-order valence-corrected chi connectivity index (χ2v) is 7.99. The van der Waals surface area contributed by atoms with Crippen LogP contribution in [0.1, 0.15) is 46.5 Å².